The highest BCUT2D eigenvalue weighted by Crippen LogP contribution is 2.20. The predicted molar refractivity (Wildman–Crippen MR) is 99.5 cm³/mol. The highest BCUT2D eigenvalue weighted by Gasteiger charge is 2.29. The SMILES string of the molecule is Cc1nc(-c2cccnc2)[nH]c(=O)c1CC(=O)N1CCCCC1C(C)N. The highest BCUT2D eigenvalue weighted by molar-refractivity contribution is 5.79. The Morgan fingerprint density at radius 2 is 2.27 bits per heavy atom. The number of carbonyl (C=O) groups is 1. The van der Waals surface area contributed by atoms with Crippen molar-refractivity contribution in [3.8, 4) is 11.4 Å². The zero-order valence-corrected chi connectivity index (χ0v) is 15.2. The van der Waals surface area contributed by atoms with Gasteiger partial charge in [-0.15, -0.1) is 0 Å². The Labute approximate surface area is 152 Å². The lowest BCUT2D eigenvalue weighted by Crippen LogP contribution is -2.52. The van der Waals surface area contributed by atoms with E-state index < -0.39 is 0 Å². The number of hydrogen-bond donors (Lipinski definition) is 2. The maximum absolute atomic E-state index is 12.8. The molecule has 1 aliphatic rings. The van der Waals surface area contributed by atoms with Gasteiger partial charge in [0.15, 0.2) is 0 Å². The summed E-state index contributed by atoms with van der Waals surface area (Å²) in [6.45, 7) is 4.39. The van der Waals surface area contributed by atoms with E-state index in [1.165, 1.54) is 0 Å². The van der Waals surface area contributed by atoms with Crippen molar-refractivity contribution >= 4 is 5.91 Å². The molecule has 138 valence electrons. The van der Waals surface area contributed by atoms with Crippen molar-refractivity contribution < 1.29 is 4.79 Å². The fourth-order valence-electron chi connectivity index (χ4n) is 3.52. The monoisotopic (exact) mass is 355 g/mol. The van der Waals surface area contributed by atoms with Crippen molar-refractivity contribution in [2.75, 3.05) is 6.54 Å². The fraction of sp³-hybridized carbons (Fsp3) is 0.474. The Balaban J connectivity index is 1.83. The largest absolute Gasteiger partial charge is 0.338 e. The molecule has 1 fully saturated rings. The Kier molecular flexibility index (Phi) is 5.46. The van der Waals surface area contributed by atoms with Gasteiger partial charge in [-0.05, 0) is 45.2 Å². The molecule has 7 nitrogen and oxygen atoms in total. The first-order valence-electron chi connectivity index (χ1n) is 9.02. The summed E-state index contributed by atoms with van der Waals surface area (Å²) in [4.78, 5) is 38.5. The molecule has 0 spiro atoms. The number of aromatic nitrogens is 3. The van der Waals surface area contributed by atoms with Crippen LogP contribution in [0.5, 0.6) is 0 Å². The van der Waals surface area contributed by atoms with Gasteiger partial charge in [-0.2, -0.15) is 0 Å². The van der Waals surface area contributed by atoms with Crippen LogP contribution in [-0.4, -0.2) is 44.4 Å². The second kappa shape index (κ2) is 7.78. The second-order valence-corrected chi connectivity index (χ2v) is 6.91. The molecule has 2 aromatic heterocycles. The number of carbonyl (C=O) groups excluding carboxylic acids is 1. The Morgan fingerprint density at radius 1 is 1.46 bits per heavy atom. The topological polar surface area (TPSA) is 105 Å². The van der Waals surface area contributed by atoms with Gasteiger partial charge in [0.25, 0.3) is 5.56 Å². The van der Waals surface area contributed by atoms with E-state index in [1.807, 2.05) is 17.9 Å². The van der Waals surface area contributed by atoms with Crippen LogP contribution in [-0.2, 0) is 11.2 Å². The van der Waals surface area contributed by atoms with Crippen LogP contribution >= 0.6 is 0 Å². The first kappa shape index (κ1) is 18.3. The molecule has 26 heavy (non-hydrogen) atoms. The van der Waals surface area contributed by atoms with Gasteiger partial charge in [-0.1, -0.05) is 0 Å². The summed E-state index contributed by atoms with van der Waals surface area (Å²) in [7, 11) is 0. The van der Waals surface area contributed by atoms with Gasteiger partial charge in [0.05, 0.1) is 6.42 Å². The molecule has 2 unspecified atom stereocenters. The molecular formula is C19H25N5O2. The van der Waals surface area contributed by atoms with Gasteiger partial charge < -0.3 is 15.6 Å². The first-order valence-corrected chi connectivity index (χ1v) is 9.02. The molecule has 2 aromatic rings. The van der Waals surface area contributed by atoms with Crippen molar-refractivity contribution in [1.82, 2.24) is 19.9 Å². The number of H-pyrrole nitrogens is 1. The van der Waals surface area contributed by atoms with E-state index >= 15 is 0 Å². The van der Waals surface area contributed by atoms with Crippen molar-refractivity contribution in [3.05, 3.63) is 46.1 Å². The van der Waals surface area contributed by atoms with Crippen molar-refractivity contribution in [2.45, 2.75) is 51.6 Å². The van der Waals surface area contributed by atoms with Crippen LogP contribution in [0.4, 0.5) is 0 Å². The maximum atomic E-state index is 12.8. The van der Waals surface area contributed by atoms with E-state index in [4.69, 9.17) is 5.73 Å². The lowest BCUT2D eigenvalue weighted by atomic mass is 9.96. The minimum absolute atomic E-state index is 0.0401. The summed E-state index contributed by atoms with van der Waals surface area (Å²) >= 11 is 0. The standard InChI is InChI=1S/C19H25N5O2/c1-12(20)16-7-3-4-9-24(16)17(25)10-15-13(2)22-18(23-19(15)26)14-6-5-8-21-11-14/h5-6,8,11-12,16H,3-4,7,9-10,20H2,1-2H3,(H,22,23,26). The van der Waals surface area contributed by atoms with Crippen LogP contribution in [0.15, 0.2) is 29.3 Å². The molecule has 1 saturated heterocycles. The van der Waals surface area contributed by atoms with Gasteiger partial charge in [-0.3, -0.25) is 14.6 Å². The van der Waals surface area contributed by atoms with Crippen LogP contribution in [0.2, 0.25) is 0 Å². The minimum Gasteiger partial charge on any atom is -0.338 e. The second-order valence-electron chi connectivity index (χ2n) is 6.91. The summed E-state index contributed by atoms with van der Waals surface area (Å²) in [6, 6.07) is 3.58. The summed E-state index contributed by atoms with van der Waals surface area (Å²) in [5.41, 5.74) is 7.49. The quantitative estimate of drug-likeness (QED) is 0.863. The minimum atomic E-state index is -0.279. The molecule has 1 amide bonds. The van der Waals surface area contributed by atoms with Crippen LogP contribution in [0.3, 0.4) is 0 Å². The van der Waals surface area contributed by atoms with Gasteiger partial charge in [0, 0.05) is 47.8 Å². The first-order chi connectivity index (χ1) is 12.5. The highest BCUT2D eigenvalue weighted by atomic mass is 16.2. The van der Waals surface area contributed by atoms with E-state index in [0.717, 1.165) is 24.8 Å². The molecule has 2 atom stereocenters. The maximum Gasteiger partial charge on any atom is 0.255 e. The average molecular weight is 355 g/mol. The van der Waals surface area contributed by atoms with E-state index in [0.29, 0.717) is 23.6 Å². The summed E-state index contributed by atoms with van der Waals surface area (Å²) < 4.78 is 0. The van der Waals surface area contributed by atoms with E-state index in [2.05, 4.69) is 15.0 Å². The number of pyridine rings is 1. The smallest absolute Gasteiger partial charge is 0.255 e. The third kappa shape index (κ3) is 3.83. The van der Waals surface area contributed by atoms with Crippen LogP contribution < -0.4 is 11.3 Å². The molecule has 0 aromatic carbocycles. The molecule has 0 radical (unpaired) electrons. The zero-order chi connectivity index (χ0) is 18.7. The van der Waals surface area contributed by atoms with Crippen LogP contribution in [0, 0.1) is 6.92 Å². The number of nitrogens with zero attached hydrogens (tertiary/aromatic N) is 3. The molecule has 7 heteroatoms. The summed E-state index contributed by atoms with van der Waals surface area (Å²) in [5, 5.41) is 0. The van der Waals surface area contributed by atoms with E-state index in [9.17, 15) is 9.59 Å². The molecule has 3 heterocycles. The summed E-state index contributed by atoms with van der Waals surface area (Å²) in [5.74, 6) is 0.403. The van der Waals surface area contributed by atoms with Crippen LogP contribution in [0.1, 0.15) is 37.4 Å². The molecule has 0 aliphatic carbocycles. The van der Waals surface area contributed by atoms with E-state index in [1.54, 1.807) is 25.4 Å². The van der Waals surface area contributed by atoms with Crippen molar-refractivity contribution in [3.63, 3.8) is 0 Å². The lowest BCUT2D eigenvalue weighted by Gasteiger charge is -2.38. The summed E-state index contributed by atoms with van der Waals surface area (Å²) in [6.07, 6.45) is 6.32. The fourth-order valence-corrected chi connectivity index (χ4v) is 3.52. The van der Waals surface area contributed by atoms with Crippen LogP contribution in [0.25, 0.3) is 11.4 Å². The van der Waals surface area contributed by atoms with Gasteiger partial charge in [-0.25, -0.2) is 4.98 Å². The molecule has 0 saturated carbocycles. The number of amides is 1. The van der Waals surface area contributed by atoms with Gasteiger partial charge >= 0.3 is 0 Å². The Bertz CT molecular complexity index is 832. The molecular weight excluding hydrogens is 330 g/mol. The van der Waals surface area contributed by atoms with Crippen molar-refractivity contribution in [2.24, 2.45) is 5.73 Å². The number of rotatable bonds is 4. The molecule has 3 rings (SSSR count). The average Bonchev–Trinajstić information content (AvgIpc) is 2.65. The third-order valence-electron chi connectivity index (χ3n) is 4.96. The third-order valence-corrected chi connectivity index (χ3v) is 4.96. The number of nitrogens with one attached hydrogen (secondary N) is 1. The number of aromatic amines is 1. The number of aryl methyl sites for hydroxylation is 1. The molecule has 3 N–H and O–H groups in total. The number of piperidine rings is 1. The number of hydrogen-bond acceptors (Lipinski definition) is 5. The molecule has 0 bridgehead atoms. The predicted octanol–water partition coefficient (Wildman–Crippen LogP) is 1.41. The normalized spacial score (nSPS) is 18.6. The molecule has 1 aliphatic heterocycles. The Hall–Kier alpha value is -2.54. The number of nitrogens with two attached hydrogens (primary N) is 1. The van der Waals surface area contributed by atoms with Gasteiger partial charge in [0.2, 0.25) is 5.91 Å². The lowest BCUT2D eigenvalue weighted by molar-refractivity contribution is -0.134. The zero-order valence-electron chi connectivity index (χ0n) is 15.2. The Morgan fingerprint density at radius 3 is 2.92 bits per heavy atom. The van der Waals surface area contributed by atoms with E-state index in [-0.39, 0.29) is 30.0 Å². The van der Waals surface area contributed by atoms with Crippen molar-refractivity contribution in [1.29, 1.82) is 0 Å². The van der Waals surface area contributed by atoms with Gasteiger partial charge in [0.1, 0.15) is 5.82 Å². The number of likely N-dealkylation sites (tertiary alicyclic amines) is 1.